The van der Waals surface area contributed by atoms with Gasteiger partial charge in [-0.1, -0.05) is 12.1 Å². The highest BCUT2D eigenvalue weighted by Crippen LogP contribution is 2.17. The molecular formula is C23H31N5O2. The van der Waals surface area contributed by atoms with Gasteiger partial charge in [0.25, 0.3) is 5.91 Å². The minimum atomic E-state index is -0.0176. The summed E-state index contributed by atoms with van der Waals surface area (Å²) < 4.78 is 5.81. The van der Waals surface area contributed by atoms with Crippen LogP contribution in [0, 0.1) is 0 Å². The van der Waals surface area contributed by atoms with Crippen molar-refractivity contribution in [3.63, 3.8) is 0 Å². The maximum Gasteiger partial charge on any atom is 0.251 e. The van der Waals surface area contributed by atoms with Crippen LogP contribution in [0.15, 0.2) is 42.7 Å². The Balaban J connectivity index is 1.31. The molecule has 3 atom stereocenters. The Bertz CT molecular complexity index is 819. The second-order valence-corrected chi connectivity index (χ2v) is 8.46. The zero-order chi connectivity index (χ0) is 20.9. The van der Waals surface area contributed by atoms with Crippen LogP contribution in [0.25, 0.3) is 0 Å². The Kier molecular flexibility index (Phi) is 6.59. The van der Waals surface area contributed by atoms with Crippen LogP contribution in [0.1, 0.15) is 42.6 Å². The van der Waals surface area contributed by atoms with E-state index in [2.05, 4.69) is 51.1 Å². The summed E-state index contributed by atoms with van der Waals surface area (Å²) in [7, 11) is 0. The zero-order valence-corrected chi connectivity index (χ0v) is 17.8. The van der Waals surface area contributed by atoms with Gasteiger partial charge in [-0.25, -0.2) is 9.97 Å². The number of ether oxygens (including phenoxy) is 1. The molecule has 2 fully saturated rings. The highest BCUT2D eigenvalue weighted by Gasteiger charge is 2.24. The van der Waals surface area contributed by atoms with Gasteiger partial charge in [-0.15, -0.1) is 0 Å². The van der Waals surface area contributed by atoms with Crippen LogP contribution < -0.4 is 10.2 Å². The highest BCUT2D eigenvalue weighted by molar-refractivity contribution is 5.94. The molecule has 1 aromatic heterocycles. The van der Waals surface area contributed by atoms with E-state index in [-0.39, 0.29) is 24.2 Å². The molecule has 1 amide bonds. The third-order valence-corrected chi connectivity index (χ3v) is 5.71. The molecule has 2 aromatic rings. The van der Waals surface area contributed by atoms with Crippen molar-refractivity contribution in [1.82, 2.24) is 20.2 Å². The van der Waals surface area contributed by atoms with Gasteiger partial charge in [0.15, 0.2) is 0 Å². The normalized spacial score (nSPS) is 25.1. The minimum absolute atomic E-state index is 0.0176. The first-order valence-corrected chi connectivity index (χ1v) is 10.9. The molecule has 2 saturated heterocycles. The second-order valence-electron chi connectivity index (χ2n) is 8.46. The molecule has 3 heterocycles. The van der Waals surface area contributed by atoms with Gasteiger partial charge in [-0.2, -0.15) is 0 Å². The fraction of sp³-hybridized carbons (Fsp3) is 0.522. The van der Waals surface area contributed by atoms with E-state index >= 15 is 0 Å². The van der Waals surface area contributed by atoms with Gasteiger partial charge in [0.1, 0.15) is 0 Å². The van der Waals surface area contributed by atoms with Crippen LogP contribution in [-0.2, 0) is 11.3 Å². The molecule has 7 heteroatoms. The lowest BCUT2D eigenvalue weighted by atomic mass is 10.0. The van der Waals surface area contributed by atoms with Crippen molar-refractivity contribution in [1.29, 1.82) is 0 Å². The lowest BCUT2D eigenvalue weighted by Gasteiger charge is -2.35. The van der Waals surface area contributed by atoms with Gasteiger partial charge in [-0.05, 0) is 50.5 Å². The highest BCUT2D eigenvalue weighted by atomic mass is 16.5. The molecule has 1 aromatic carbocycles. The van der Waals surface area contributed by atoms with Crippen molar-refractivity contribution in [2.75, 3.05) is 31.1 Å². The van der Waals surface area contributed by atoms with Gasteiger partial charge < -0.3 is 15.0 Å². The van der Waals surface area contributed by atoms with Crippen molar-refractivity contribution >= 4 is 11.9 Å². The van der Waals surface area contributed by atoms with Gasteiger partial charge in [0.2, 0.25) is 5.95 Å². The third-order valence-electron chi connectivity index (χ3n) is 5.71. The number of hydrogen-bond donors (Lipinski definition) is 1. The fourth-order valence-electron chi connectivity index (χ4n) is 4.43. The number of morpholine rings is 1. The van der Waals surface area contributed by atoms with Crippen LogP contribution >= 0.6 is 0 Å². The summed E-state index contributed by atoms with van der Waals surface area (Å²) >= 11 is 0. The number of anilines is 1. The minimum Gasteiger partial charge on any atom is -0.373 e. The first-order chi connectivity index (χ1) is 14.6. The Morgan fingerprint density at radius 3 is 2.50 bits per heavy atom. The number of aromatic nitrogens is 2. The number of benzene rings is 1. The summed E-state index contributed by atoms with van der Waals surface area (Å²) in [5.74, 6) is 0.712. The van der Waals surface area contributed by atoms with Crippen molar-refractivity contribution in [3.8, 4) is 0 Å². The first kappa shape index (κ1) is 20.8. The summed E-state index contributed by atoms with van der Waals surface area (Å²) in [6, 6.07) is 9.90. The number of carbonyl (C=O) groups excluding carboxylic acids is 1. The van der Waals surface area contributed by atoms with E-state index in [1.807, 2.05) is 18.2 Å². The number of nitrogens with zero attached hydrogens (tertiary/aromatic N) is 4. The molecule has 4 rings (SSSR count). The van der Waals surface area contributed by atoms with Crippen molar-refractivity contribution in [2.45, 2.75) is 51.5 Å². The van der Waals surface area contributed by atoms with Gasteiger partial charge in [0, 0.05) is 56.7 Å². The smallest absolute Gasteiger partial charge is 0.251 e. The van der Waals surface area contributed by atoms with Crippen molar-refractivity contribution in [3.05, 3.63) is 53.9 Å². The molecule has 1 N–H and O–H groups in total. The molecule has 0 spiro atoms. The monoisotopic (exact) mass is 409 g/mol. The second kappa shape index (κ2) is 9.53. The summed E-state index contributed by atoms with van der Waals surface area (Å²) in [5.41, 5.74) is 1.92. The summed E-state index contributed by atoms with van der Waals surface area (Å²) in [5, 5.41) is 3.18. The lowest BCUT2D eigenvalue weighted by Crippen LogP contribution is -2.48. The van der Waals surface area contributed by atoms with E-state index in [4.69, 9.17) is 4.74 Å². The number of carbonyl (C=O) groups is 1. The molecular weight excluding hydrogens is 378 g/mol. The Morgan fingerprint density at radius 2 is 1.80 bits per heavy atom. The molecule has 160 valence electrons. The molecule has 30 heavy (non-hydrogen) atoms. The Hall–Kier alpha value is -2.51. The van der Waals surface area contributed by atoms with E-state index in [9.17, 15) is 4.79 Å². The van der Waals surface area contributed by atoms with Crippen LogP contribution in [0.5, 0.6) is 0 Å². The molecule has 2 aliphatic heterocycles. The van der Waals surface area contributed by atoms with E-state index < -0.39 is 0 Å². The molecule has 0 radical (unpaired) electrons. The topological polar surface area (TPSA) is 70.6 Å². The third kappa shape index (κ3) is 5.34. The lowest BCUT2D eigenvalue weighted by molar-refractivity contribution is -0.0704. The van der Waals surface area contributed by atoms with Crippen LogP contribution in [-0.4, -0.2) is 65.2 Å². The molecule has 0 aliphatic carbocycles. The molecule has 2 aliphatic rings. The van der Waals surface area contributed by atoms with Crippen LogP contribution in [0.3, 0.4) is 0 Å². The van der Waals surface area contributed by atoms with Crippen LogP contribution in [0.2, 0.25) is 0 Å². The Labute approximate surface area is 178 Å². The number of amides is 1. The van der Waals surface area contributed by atoms with E-state index in [0.717, 1.165) is 51.5 Å². The van der Waals surface area contributed by atoms with Crippen molar-refractivity contribution < 1.29 is 9.53 Å². The van der Waals surface area contributed by atoms with Crippen molar-refractivity contribution in [2.24, 2.45) is 0 Å². The van der Waals surface area contributed by atoms with Gasteiger partial charge >= 0.3 is 0 Å². The number of nitrogens with one attached hydrogen (secondary N) is 1. The predicted molar refractivity (Wildman–Crippen MR) is 116 cm³/mol. The number of piperidine rings is 1. The summed E-state index contributed by atoms with van der Waals surface area (Å²) in [4.78, 5) is 26.0. The molecule has 7 nitrogen and oxygen atoms in total. The largest absolute Gasteiger partial charge is 0.373 e. The number of hydrogen-bond acceptors (Lipinski definition) is 6. The fourth-order valence-corrected chi connectivity index (χ4v) is 4.43. The van der Waals surface area contributed by atoms with E-state index in [1.165, 1.54) is 5.56 Å². The van der Waals surface area contributed by atoms with E-state index in [1.54, 1.807) is 12.4 Å². The molecule has 0 bridgehead atoms. The predicted octanol–water partition coefficient (Wildman–Crippen LogP) is 2.48. The number of rotatable bonds is 5. The average Bonchev–Trinajstić information content (AvgIpc) is 2.74. The molecule has 3 unspecified atom stereocenters. The summed E-state index contributed by atoms with van der Waals surface area (Å²) in [6.07, 6.45) is 6.01. The van der Waals surface area contributed by atoms with Gasteiger partial charge in [-0.3, -0.25) is 9.69 Å². The first-order valence-electron chi connectivity index (χ1n) is 10.9. The quantitative estimate of drug-likeness (QED) is 0.818. The van der Waals surface area contributed by atoms with Crippen LogP contribution in [0.4, 0.5) is 5.95 Å². The van der Waals surface area contributed by atoms with E-state index in [0.29, 0.717) is 5.56 Å². The zero-order valence-electron chi connectivity index (χ0n) is 17.8. The maximum absolute atomic E-state index is 12.8. The summed E-state index contributed by atoms with van der Waals surface area (Å²) in [6.45, 7) is 8.66. The molecule has 0 saturated carbocycles. The Morgan fingerprint density at radius 1 is 1.10 bits per heavy atom. The standard InChI is InChI=1S/C23H31N5O2/c1-17-13-27(14-18(2)30-17)15-19-6-8-20(9-7-19)22(29)26-21-5-3-12-28(16-21)23-24-10-4-11-25-23/h4,6-11,17-18,21H,3,5,12-16H2,1-2H3,(H,26,29). The maximum atomic E-state index is 12.8. The SMILES string of the molecule is CC1CN(Cc2ccc(C(=O)NC3CCCN(c4ncccn4)C3)cc2)CC(C)O1. The average molecular weight is 410 g/mol. The van der Waals surface area contributed by atoms with Gasteiger partial charge in [0.05, 0.1) is 12.2 Å².